The molecule has 5 heteroatoms. The third-order valence-corrected chi connectivity index (χ3v) is 4.67. The second-order valence-corrected chi connectivity index (χ2v) is 5.81. The zero-order valence-electron chi connectivity index (χ0n) is 11.3. The van der Waals surface area contributed by atoms with Crippen LogP contribution < -0.4 is 4.90 Å². The van der Waals surface area contributed by atoms with Crippen LogP contribution in [-0.4, -0.2) is 36.4 Å². The molecule has 2 unspecified atom stereocenters. The summed E-state index contributed by atoms with van der Waals surface area (Å²) in [6.45, 7) is 5.88. The zero-order chi connectivity index (χ0) is 13.1. The molecule has 1 aliphatic carbocycles. The van der Waals surface area contributed by atoms with Crippen LogP contribution in [0, 0.1) is 0 Å². The van der Waals surface area contributed by atoms with Crippen LogP contribution in [0.5, 0.6) is 0 Å². The van der Waals surface area contributed by atoms with E-state index in [9.17, 15) is 5.11 Å². The average molecular weight is 270 g/mol. The average Bonchev–Trinajstić information content (AvgIpc) is 2.75. The Bertz CT molecular complexity index is 394. The molecule has 0 saturated heterocycles. The number of methoxy groups -OCH3 is 1. The minimum Gasteiger partial charge on any atom is -0.388 e. The van der Waals surface area contributed by atoms with Crippen LogP contribution in [0.25, 0.3) is 0 Å². The molecule has 0 aliphatic heterocycles. The second kappa shape index (κ2) is 5.99. The Hall–Kier alpha value is -0.650. The van der Waals surface area contributed by atoms with Crippen molar-refractivity contribution in [2.75, 3.05) is 25.2 Å². The van der Waals surface area contributed by atoms with E-state index in [-0.39, 0.29) is 6.10 Å². The molecule has 4 nitrogen and oxygen atoms in total. The number of likely N-dealkylation sites (N-methyl/N-ethyl adjacent to an activating group) is 1. The fourth-order valence-electron chi connectivity index (χ4n) is 2.47. The first-order valence-electron chi connectivity index (χ1n) is 6.60. The molecular formula is C13H22N2O2S. The Morgan fingerprint density at radius 1 is 1.61 bits per heavy atom. The van der Waals surface area contributed by atoms with Gasteiger partial charge in [-0.05, 0) is 33.1 Å². The maximum atomic E-state index is 10.00. The van der Waals surface area contributed by atoms with Gasteiger partial charge in [-0.15, -0.1) is 0 Å². The maximum absolute atomic E-state index is 10.00. The van der Waals surface area contributed by atoms with Gasteiger partial charge in [0.15, 0.2) is 5.13 Å². The van der Waals surface area contributed by atoms with Gasteiger partial charge in [-0.1, -0.05) is 11.3 Å². The number of hydrogen-bond acceptors (Lipinski definition) is 5. The van der Waals surface area contributed by atoms with Gasteiger partial charge in [-0.25, -0.2) is 4.98 Å². The van der Waals surface area contributed by atoms with Gasteiger partial charge in [0.2, 0.25) is 0 Å². The number of aliphatic hydroxyl groups is 1. The lowest BCUT2D eigenvalue weighted by Crippen LogP contribution is -2.36. The molecule has 0 spiro atoms. The van der Waals surface area contributed by atoms with Gasteiger partial charge in [0.25, 0.3) is 0 Å². The molecule has 2 rings (SSSR count). The number of aromatic nitrogens is 1. The van der Waals surface area contributed by atoms with E-state index >= 15 is 0 Å². The third-order valence-electron chi connectivity index (χ3n) is 3.44. The Morgan fingerprint density at radius 2 is 2.39 bits per heavy atom. The van der Waals surface area contributed by atoms with Crippen molar-refractivity contribution in [2.24, 2.45) is 0 Å². The predicted octanol–water partition coefficient (Wildman–Crippen LogP) is 2.37. The summed E-state index contributed by atoms with van der Waals surface area (Å²) in [6.07, 6.45) is 2.60. The van der Waals surface area contributed by atoms with Crippen LogP contribution in [0.4, 0.5) is 5.13 Å². The van der Waals surface area contributed by atoms with Crippen LogP contribution in [0.2, 0.25) is 0 Å². The van der Waals surface area contributed by atoms with Gasteiger partial charge >= 0.3 is 0 Å². The molecule has 0 aromatic carbocycles. The molecule has 1 N–H and O–H groups in total. The second-order valence-electron chi connectivity index (χ2n) is 4.81. The van der Waals surface area contributed by atoms with Crippen molar-refractivity contribution in [3.63, 3.8) is 0 Å². The van der Waals surface area contributed by atoms with Gasteiger partial charge in [0.1, 0.15) is 0 Å². The summed E-state index contributed by atoms with van der Waals surface area (Å²) in [5, 5.41) is 11.0. The van der Waals surface area contributed by atoms with E-state index in [0.717, 1.165) is 41.5 Å². The van der Waals surface area contributed by atoms with Gasteiger partial charge in [0, 0.05) is 13.7 Å². The maximum Gasteiger partial charge on any atom is 0.186 e. The fraction of sp³-hybridized carbons (Fsp3) is 0.769. The van der Waals surface area contributed by atoms with Crippen LogP contribution >= 0.6 is 11.3 Å². The Kier molecular flexibility index (Phi) is 4.59. The number of ether oxygens (including phenoxy) is 1. The van der Waals surface area contributed by atoms with Crippen molar-refractivity contribution in [1.29, 1.82) is 0 Å². The normalized spacial score (nSPS) is 20.6. The summed E-state index contributed by atoms with van der Waals surface area (Å²) in [7, 11) is 1.72. The lowest BCUT2D eigenvalue weighted by atomic mass is 10.0. The molecule has 1 aromatic rings. The molecular weight excluding hydrogens is 248 g/mol. The van der Waals surface area contributed by atoms with Crippen molar-refractivity contribution in [2.45, 2.75) is 45.3 Å². The number of anilines is 1. The first kappa shape index (κ1) is 13.8. The highest BCUT2D eigenvalue weighted by atomic mass is 32.1. The van der Waals surface area contributed by atoms with Crippen LogP contribution in [-0.2, 0) is 11.2 Å². The van der Waals surface area contributed by atoms with Gasteiger partial charge in [-0.3, -0.25) is 0 Å². The number of aryl methyl sites for hydroxylation is 1. The number of thiazole rings is 1. The van der Waals surface area contributed by atoms with E-state index in [0.29, 0.717) is 12.6 Å². The monoisotopic (exact) mass is 270 g/mol. The Morgan fingerprint density at radius 3 is 3.00 bits per heavy atom. The zero-order valence-corrected chi connectivity index (χ0v) is 12.2. The van der Waals surface area contributed by atoms with E-state index in [2.05, 4.69) is 18.7 Å². The lowest BCUT2D eigenvalue weighted by Gasteiger charge is -2.26. The van der Waals surface area contributed by atoms with Crippen LogP contribution in [0.1, 0.15) is 43.4 Å². The van der Waals surface area contributed by atoms with E-state index in [1.807, 2.05) is 0 Å². The highest BCUT2D eigenvalue weighted by Gasteiger charge is 2.25. The highest BCUT2D eigenvalue weighted by molar-refractivity contribution is 7.15. The first-order valence-corrected chi connectivity index (χ1v) is 7.42. The molecule has 0 saturated carbocycles. The van der Waals surface area contributed by atoms with Crippen molar-refractivity contribution >= 4 is 16.5 Å². The molecule has 102 valence electrons. The molecule has 0 bridgehead atoms. The van der Waals surface area contributed by atoms with Gasteiger partial charge in [0.05, 0.1) is 29.3 Å². The summed E-state index contributed by atoms with van der Waals surface area (Å²) in [5.74, 6) is 0. The fourth-order valence-corrected chi connectivity index (χ4v) is 3.77. The molecule has 2 atom stereocenters. The van der Waals surface area contributed by atoms with Crippen molar-refractivity contribution in [3.05, 3.63) is 10.6 Å². The van der Waals surface area contributed by atoms with Crippen molar-refractivity contribution in [1.82, 2.24) is 4.98 Å². The molecule has 18 heavy (non-hydrogen) atoms. The van der Waals surface area contributed by atoms with Crippen molar-refractivity contribution in [3.8, 4) is 0 Å². The quantitative estimate of drug-likeness (QED) is 0.892. The minimum atomic E-state index is -0.309. The van der Waals surface area contributed by atoms with Crippen LogP contribution in [0.15, 0.2) is 0 Å². The highest BCUT2D eigenvalue weighted by Crippen LogP contribution is 2.37. The van der Waals surface area contributed by atoms with Crippen molar-refractivity contribution < 1.29 is 9.84 Å². The third kappa shape index (κ3) is 2.68. The number of fused-ring (bicyclic) bond motifs is 1. The molecule has 0 radical (unpaired) electrons. The standard InChI is InChI=1S/C13H22N2O2S/c1-4-15(9(2)8-17-3)13-14-10-6-5-7-11(16)12(10)18-13/h9,11,16H,4-8H2,1-3H3. The SMILES string of the molecule is CCN(c1nc2c(s1)C(O)CCC2)C(C)COC. The smallest absolute Gasteiger partial charge is 0.186 e. The first-order chi connectivity index (χ1) is 8.67. The summed E-state index contributed by atoms with van der Waals surface area (Å²) >= 11 is 1.64. The van der Waals surface area contributed by atoms with Gasteiger partial charge < -0.3 is 14.7 Å². The predicted molar refractivity (Wildman–Crippen MR) is 74.4 cm³/mol. The number of aliphatic hydroxyl groups excluding tert-OH is 1. The van der Waals surface area contributed by atoms with E-state index < -0.39 is 0 Å². The number of rotatable bonds is 5. The topological polar surface area (TPSA) is 45.6 Å². The Balaban J connectivity index is 2.21. The van der Waals surface area contributed by atoms with E-state index in [4.69, 9.17) is 9.72 Å². The minimum absolute atomic E-state index is 0.309. The molecule has 0 amide bonds. The lowest BCUT2D eigenvalue weighted by molar-refractivity contribution is 0.160. The summed E-state index contributed by atoms with van der Waals surface area (Å²) in [6, 6.07) is 0.310. The molecule has 1 aliphatic rings. The molecule has 1 aromatic heterocycles. The van der Waals surface area contributed by atoms with E-state index in [1.165, 1.54) is 0 Å². The number of nitrogens with zero attached hydrogens (tertiary/aromatic N) is 2. The largest absolute Gasteiger partial charge is 0.388 e. The number of hydrogen-bond donors (Lipinski definition) is 1. The Labute approximate surface area is 113 Å². The van der Waals surface area contributed by atoms with Crippen LogP contribution in [0.3, 0.4) is 0 Å². The molecule has 1 heterocycles. The summed E-state index contributed by atoms with van der Waals surface area (Å²) in [4.78, 5) is 8.02. The van der Waals surface area contributed by atoms with Gasteiger partial charge in [-0.2, -0.15) is 0 Å². The summed E-state index contributed by atoms with van der Waals surface area (Å²) < 4.78 is 5.22. The molecule has 0 fully saturated rings. The summed E-state index contributed by atoms with van der Waals surface area (Å²) in [5.41, 5.74) is 1.09. The van der Waals surface area contributed by atoms with E-state index in [1.54, 1.807) is 18.4 Å².